The smallest absolute Gasteiger partial charge is 0.410 e. The van der Waals surface area contributed by atoms with Gasteiger partial charge >= 0.3 is 35.9 Å². The summed E-state index contributed by atoms with van der Waals surface area (Å²) in [7, 11) is 5.76. The predicted octanol–water partition coefficient (Wildman–Crippen LogP) is 9.15. The number of esters is 5. The second-order valence-electron chi connectivity index (χ2n) is 28.7. The summed E-state index contributed by atoms with van der Waals surface area (Å²) in [5.74, 6) is -6.26. The fourth-order valence-electron chi connectivity index (χ4n) is 12.0. The lowest BCUT2D eigenvalue weighted by Gasteiger charge is -2.34. The Morgan fingerprint density at radius 1 is 0.459 bits per heavy atom. The number of hydrogen-bond acceptors (Lipinski definition) is 19. The zero-order chi connectivity index (χ0) is 71.4. The minimum absolute atomic E-state index is 0.0159. The van der Waals surface area contributed by atoms with E-state index < -0.39 is 108 Å². The first-order valence-electron chi connectivity index (χ1n) is 35.2. The number of aryl methyl sites for hydroxylation is 2. The average molecular weight is 1370 g/mol. The van der Waals surface area contributed by atoms with Crippen molar-refractivity contribution in [2.75, 3.05) is 90.6 Å². The highest BCUT2D eigenvalue weighted by atomic mass is 16.6. The zero-order valence-corrected chi connectivity index (χ0v) is 60.1. The molecule has 4 amide bonds. The van der Waals surface area contributed by atoms with Crippen molar-refractivity contribution >= 4 is 65.0 Å². The van der Waals surface area contributed by atoms with Crippen molar-refractivity contribution in [3.63, 3.8) is 0 Å². The number of carbonyl (C=O) groups excluding carboxylic acids is 9. The van der Waals surface area contributed by atoms with Crippen LogP contribution in [0.5, 0.6) is 0 Å². The highest BCUT2D eigenvalue weighted by Gasteiger charge is 2.44. The van der Waals surface area contributed by atoms with Crippen molar-refractivity contribution in [2.24, 2.45) is 23.7 Å². The molecule has 2 saturated heterocycles. The molecule has 3 aromatic rings. The number of rotatable bonds is 35. The van der Waals surface area contributed by atoms with Crippen LogP contribution in [0, 0.1) is 23.7 Å². The molecule has 23 nitrogen and oxygen atoms in total. The van der Waals surface area contributed by atoms with E-state index in [1.807, 2.05) is 94.4 Å². The topological polar surface area (TPSA) is 247 Å². The molecule has 540 valence electrons. The van der Waals surface area contributed by atoms with E-state index >= 15 is 9.59 Å². The summed E-state index contributed by atoms with van der Waals surface area (Å²) in [4.78, 5) is 139. The maximum Gasteiger partial charge on any atom is 0.410 e. The first-order valence-corrected chi connectivity index (χ1v) is 35.2. The lowest BCUT2D eigenvalue weighted by atomic mass is 10.0. The molecule has 8 atom stereocenters. The third-order valence-electron chi connectivity index (χ3n) is 18.5. The predicted molar refractivity (Wildman–Crippen MR) is 368 cm³/mol. The van der Waals surface area contributed by atoms with Gasteiger partial charge in [-0.15, -0.1) is 0 Å². The van der Waals surface area contributed by atoms with Crippen LogP contribution in [-0.4, -0.2) is 208 Å². The van der Waals surface area contributed by atoms with Gasteiger partial charge in [-0.25, -0.2) is 28.8 Å². The van der Waals surface area contributed by atoms with Crippen LogP contribution >= 0.6 is 0 Å². The van der Waals surface area contributed by atoms with Gasteiger partial charge in [0.05, 0.1) is 26.4 Å². The minimum Gasteiger partial charge on any atom is -0.458 e. The minimum atomic E-state index is -1.50. The summed E-state index contributed by atoms with van der Waals surface area (Å²) >= 11 is 0. The van der Waals surface area contributed by atoms with Gasteiger partial charge in [-0.3, -0.25) is 19.3 Å². The lowest BCUT2D eigenvalue weighted by Crippen LogP contribution is -2.53. The molecule has 7 rings (SSSR count). The van der Waals surface area contributed by atoms with Crippen LogP contribution < -0.4 is 9.80 Å². The van der Waals surface area contributed by atoms with E-state index in [9.17, 15) is 33.6 Å². The van der Waals surface area contributed by atoms with Gasteiger partial charge in [0, 0.05) is 65.7 Å². The van der Waals surface area contributed by atoms with Crippen LogP contribution in [0.3, 0.4) is 0 Å². The van der Waals surface area contributed by atoms with Crippen LogP contribution in [0.25, 0.3) is 0 Å². The first kappa shape index (κ1) is 77.6. The summed E-state index contributed by atoms with van der Waals surface area (Å²) in [6.07, 6.45) is -1.39. The molecule has 2 saturated carbocycles. The van der Waals surface area contributed by atoms with Crippen molar-refractivity contribution < 1.29 is 81.0 Å². The average Bonchev–Trinajstić information content (AvgIpc) is 0.954. The molecule has 4 aliphatic rings. The van der Waals surface area contributed by atoms with Gasteiger partial charge in [0.2, 0.25) is 0 Å². The highest BCUT2D eigenvalue weighted by molar-refractivity contribution is 5.93. The van der Waals surface area contributed by atoms with Crippen molar-refractivity contribution in [2.45, 2.75) is 207 Å². The van der Waals surface area contributed by atoms with Crippen molar-refractivity contribution in [3.8, 4) is 0 Å². The van der Waals surface area contributed by atoms with Gasteiger partial charge in [0.25, 0.3) is 17.7 Å². The molecule has 3 aromatic carbocycles. The molecule has 23 heteroatoms. The Balaban J connectivity index is 1.09. The van der Waals surface area contributed by atoms with E-state index in [1.165, 1.54) is 61.6 Å². The van der Waals surface area contributed by atoms with E-state index in [1.54, 1.807) is 32.9 Å². The lowest BCUT2D eigenvalue weighted by molar-refractivity contribution is -0.175. The Labute approximate surface area is 579 Å². The van der Waals surface area contributed by atoms with Crippen LogP contribution in [0.4, 0.5) is 16.2 Å². The molecule has 0 unspecified atom stereocenters. The Kier molecular flexibility index (Phi) is 29.2. The summed E-state index contributed by atoms with van der Waals surface area (Å²) in [5.41, 5.74) is 3.63. The Morgan fingerprint density at radius 2 is 0.878 bits per heavy atom. The molecule has 0 aromatic heterocycles. The summed E-state index contributed by atoms with van der Waals surface area (Å²) < 4.78 is 46.5. The number of hydrogen-bond donors (Lipinski definition) is 0. The molecule has 0 radical (unpaired) electrons. The van der Waals surface area contributed by atoms with E-state index in [2.05, 4.69) is 9.80 Å². The normalized spacial score (nSPS) is 17.4. The molecule has 2 heterocycles. The van der Waals surface area contributed by atoms with Crippen molar-refractivity contribution in [1.29, 1.82) is 0 Å². The van der Waals surface area contributed by atoms with Gasteiger partial charge in [0.15, 0.2) is 24.4 Å². The molecular weight excluding hydrogens is 1260 g/mol. The van der Waals surface area contributed by atoms with E-state index in [4.69, 9.17) is 37.9 Å². The Hall–Kier alpha value is -7.79. The Morgan fingerprint density at radius 3 is 1.32 bits per heavy atom. The van der Waals surface area contributed by atoms with Crippen LogP contribution in [0.1, 0.15) is 150 Å². The monoisotopic (exact) mass is 1360 g/mol. The number of nitrogens with zero attached hydrogens (tertiary/aromatic N) is 6. The summed E-state index contributed by atoms with van der Waals surface area (Å²) in [6, 6.07) is 20.0. The van der Waals surface area contributed by atoms with Crippen LogP contribution in [0.15, 0.2) is 78.9 Å². The fraction of sp³-hybridized carbons (Fsp3) is 0.640. The van der Waals surface area contributed by atoms with Gasteiger partial charge in [-0.1, -0.05) is 108 Å². The third-order valence-corrected chi connectivity index (χ3v) is 18.5. The maximum atomic E-state index is 15.1. The van der Waals surface area contributed by atoms with E-state index in [0.717, 1.165) is 79.9 Å². The van der Waals surface area contributed by atoms with Gasteiger partial charge < -0.3 is 62.4 Å². The van der Waals surface area contributed by atoms with Crippen LogP contribution in [0.2, 0.25) is 0 Å². The van der Waals surface area contributed by atoms with Gasteiger partial charge in [-0.05, 0) is 157 Å². The Bertz CT molecular complexity index is 3100. The molecule has 0 bridgehead atoms. The standard InChI is InChI=1S/C75H108N6O17/c1-49(2)19-34-60(70(86)95-52(6)69(85)93-48-57-17-15-14-16-18-57)76(10)67(83)64(35-28-53-24-30-58(31-25-53)80-37-41-91-42-38-80)96-72(88)62(46-55-20-21-55)77(11)66(82)51(5)94-71(87)61(45-50(3)4)78(12)68(84)65(36-29-54-26-32-59(33-27-54)81-39-43-92-44-40-81)97-73(89)63(47-56-22-23-56)79(13)74(90)98-75(7,8)9/h14-18,24-27,30-33,49-52,55-56,60-65H,19-23,28-29,34-48H2,1-13H3/t51-,52-,60+,61+,62+,63+,64-,65-/m1/s1. The molecule has 4 fully saturated rings. The quantitative estimate of drug-likeness (QED) is 0.0393. The molecule has 98 heavy (non-hydrogen) atoms. The van der Waals surface area contributed by atoms with Gasteiger partial charge in [-0.2, -0.15) is 0 Å². The highest BCUT2D eigenvalue weighted by Crippen LogP contribution is 2.37. The number of anilines is 2. The van der Waals surface area contributed by atoms with E-state index in [-0.39, 0.29) is 68.8 Å². The summed E-state index contributed by atoms with van der Waals surface area (Å²) in [5, 5.41) is 0. The number of ether oxygens (including phenoxy) is 8. The molecule has 2 aliphatic heterocycles. The van der Waals surface area contributed by atoms with Crippen molar-refractivity contribution in [1.82, 2.24) is 19.6 Å². The number of amides is 4. The summed E-state index contributed by atoms with van der Waals surface area (Å²) in [6.45, 7) is 21.0. The van der Waals surface area contributed by atoms with Crippen molar-refractivity contribution in [3.05, 3.63) is 95.6 Å². The first-order chi connectivity index (χ1) is 46.6. The molecule has 0 N–H and O–H groups in total. The van der Waals surface area contributed by atoms with Crippen LogP contribution in [-0.2, 0) is 95.7 Å². The number of likely N-dealkylation sites (N-methyl/N-ethyl adjacent to an activating group) is 4. The molecular formula is C75H108N6O17. The molecule has 0 spiro atoms. The SMILES string of the molecule is CC(C)CC[C@@H](C(=O)O[C@H](C)C(=O)OCc1ccccc1)N(C)C(=O)[C@@H](CCc1ccc(N2CCOCC2)cc1)OC(=O)[C@H](CC1CC1)N(C)C(=O)[C@@H](C)OC(=O)[C@H](CC(C)C)N(C)C(=O)[C@@H](CCc1ccc(N2CCOCC2)cc1)OC(=O)[C@H](CC1CC1)N(C)C(=O)OC(C)(C)C. The zero-order valence-electron chi connectivity index (χ0n) is 60.1. The number of carbonyl (C=O) groups is 9. The fourth-order valence-corrected chi connectivity index (χ4v) is 12.0. The maximum absolute atomic E-state index is 15.1. The third kappa shape index (κ3) is 24.0. The second kappa shape index (κ2) is 36.9. The second-order valence-corrected chi connectivity index (χ2v) is 28.7. The number of morpholine rings is 2. The largest absolute Gasteiger partial charge is 0.458 e. The molecule has 2 aliphatic carbocycles. The number of benzene rings is 3. The van der Waals surface area contributed by atoms with E-state index in [0.29, 0.717) is 45.7 Å². The van der Waals surface area contributed by atoms with Gasteiger partial charge in [0.1, 0.15) is 36.4 Å².